The number of H-pyrrole nitrogens is 1. The molecule has 9 heteroatoms. The molecule has 0 spiro atoms. The van der Waals surface area contributed by atoms with Gasteiger partial charge in [-0.15, -0.1) is 10.2 Å². The van der Waals surface area contributed by atoms with Crippen molar-refractivity contribution < 1.29 is 13.6 Å². The van der Waals surface area contributed by atoms with Crippen LogP contribution in [0.15, 0.2) is 18.2 Å². The largest absolute Gasteiger partial charge is 0.325 e. The van der Waals surface area contributed by atoms with E-state index >= 15 is 0 Å². The molecule has 1 aliphatic rings. The van der Waals surface area contributed by atoms with Gasteiger partial charge in [0.15, 0.2) is 0 Å². The van der Waals surface area contributed by atoms with Gasteiger partial charge in [0.05, 0.1) is 5.69 Å². The topological polar surface area (TPSA) is 83.6 Å². The monoisotopic (exact) mass is 341 g/mol. The summed E-state index contributed by atoms with van der Waals surface area (Å²) < 4.78 is 26.4. The number of aromatic amines is 1. The van der Waals surface area contributed by atoms with Crippen LogP contribution in [-0.4, -0.2) is 32.5 Å². The highest BCUT2D eigenvalue weighted by molar-refractivity contribution is 6.31. The predicted molar refractivity (Wildman–Crippen MR) is 80.2 cm³/mol. The Morgan fingerprint density at radius 1 is 1.48 bits per heavy atom. The van der Waals surface area contributed by atoms with Crippen molar-refractivity contribution in [2.24, 2.45) is 5.92 Å². The number of benzene rings is 1. The quantitative estimate of drug-likeness (QED) is 0.893. The Kier molecular flexibility index (Phi) is 4.25. The lowest BCUT2D eigenvalue weighted by atomic mass is 10.0. The second-order valence-electron chi connectivity index (χ2n) is 5.64. The lowest BCUT2D eigenvalue weighted by Gasteiger charge is -2.12. The first-order chi connectivity index (χ1) is 10.9. The molecule has 1 unspecified atom stereocenters. The number of nitrogens with zero attached hydrogens (tertiary/aromatic N) is 3. The fourth-order valence-electron chi connectivity index (χ4n) is 2.77. The Labute approximate surface area is 135 Å². The third-order valence-electron chi connectivity index (χ3n) is 3.82. The number of alkyl halides is 2. The fourth-order valence-corrected chi connectivity index (χ4v) is 2.94. The number of carbonyl (C=O) groups is 1. The van der Waals surface area contributed by atoms with Crippen LogP contribution in [0.5, 0.6) is 0 Å². The molecule has 1 heterocycles. The number of anilines is 1. The van der Waals surface area contributed by atoms with E-state index < -0.39 is 5.92 Å². The lowest BCUT2D eigenvalue weighted by molar-refractivity contribution is -0.117. The molecule has 1 fully saturated rings. The maximum atomic E-state index is 13.2. The van der Waals surface area contributed by atoms with Crippen LogP contribution < -0.4 is 5.32 Å². The number of halogens is 3. The zero-order valence-corrected chi connectivity index (χ0v) is 12.8. The van der Waals surface area contributed by atoms with Gasteiger partial charge < -0.3 is 5.32 Å². The summed E-state index contributed by atoms with van der Waals surface area (Å²) in [5.74, 6) is -2.98. The van der Waals surface area contributed by atoms with Crippen molar-refractivity contribution in [1.82, 2.24) is 20.6 Å². The van der Waals surface area contributed by atoms with Gasteiger partial charge in [0.25, 0.3) is 0 Å². The van der Waals surface area contributed by atoms with Gasteiger partial charge in [-0.1, -0.05) is 11.6 Å². The molecule has 1 aromatic heterocycles. The molecule has 0 aliphatic heterocycles. The Hall–Kier alpha value is -2.09. The van der Waals surface area contributed by atoms with E-state index in [9.17, 15) is 13.6 Å². The van der Waals surface area contributed by atoms with Crippen LogP contribution >= 0.6 is 11.6 Å². The van der Waals surface area contributed by atoms with Crippen LogP contribution in [0.25, 0.3) is 11.4 Å². The maximum absolute atomic E-state index is 13.2. The molecular formula is C14H14ClF2N5O. The first-order valence-corrected chi connectivity index (χ1v) is 7.52. The minimum atomic E-state index is -2.65. The molecule has 6 nitrogen and oxygen atoms in total. The number of hydrogen-bond acceptors (Lipinski definition) is 4. The normalized spacial score (nSPS) is 19.7. The number of aromatic nitrogens is 4. The molecule has 2 N–H and O–H groups in total. The van der Waals surface area contributed by atoms with E-state index in [4.69, 9.17) is 11.6 Å². The van der Waals surface area contributed by atoms with Crippen LogP contribution in [0.4, 0.5) is 14.5 Å². The molecule has 23 heavy (non-hydrogen) atoms. The van der Waals surface area contributed by atoms with Crippen LogP contribution in [0.1, 0.15) is 25.7 Å². The van der Waals surface area contributed by atoms with Gasteiger partial charge in [-0.05, 0) is 35.8 Å². The molecule has 1 aromatic carbocycles. The van der Waals surface area contributed by atoms with Crippen molar-refractivity contribution in [2.75, 3.05) is 5.32 Å². The highest BCUT2D eigenvalue weighted by atomic mass is 35.5. The summed E-state index contributed by atoms with van der Waals surface area (Å²) in [6.45, 7) is 0. The third kappa shape index (κ3) is 3.82. The minimum absolute atomic E-state index is 0.0594. The molecule has 1 saturated carbocycles. The Morgan fingerprint density at radius 2 is 2.30 bits per heavy atom. The van der Waals surface area contributed by atoms with Crippen LogP contribution in [0, 0.1) is 5.92 Å². The smallest absolute Gasteiger partial charge is 0.248 e. The van der Waals surface area contributed by atoms with Crippen molar-refractivity contribution in [3.63, 3.8) is 0 Å². The van der Waals surface area contributed by atoms with Crippen LogP contribution in [-0.2, 0) is 4.79 Å². The van der Waals surface area contributed by atoms with Crippen LogP contribution in [0.3, 0.4) is 0 Å². The Morgan fingerprint density at radius 3 is 2.96 bits per heavy atom. The van der Waals surface area contributed by atoms with E-state index in [1.54, 1.807) is 18.2 Å². The highest BCUT2D eigenvalue weighted by Gasteiger charge is 2.39. The number of amides is 1. The molecule has 0 radical (unpaired) electrons. The van der Waals surface area contributed by atoms with E-state index in [0.717, 1.165) is 0 Å². The van der Waals surface area contributed by atoms with Gasteiger partial charge in [0.1, 0.15) is 0 Å². The zero-order chi connectivity index (χ0) is 16.4. The van der Waals surface area contributed by atoms with Gasteiger partial charge in [-0.3, -0.25) is 4.79 Å². The molecule has 0 bridgehead atoms. The van der Waals surface area contributed by atoms with E-state index in [2.05, 4.69) is 25.9 Å². The second kappa shape index (κ2) is 6.19. The van der Waals surface area contributed by atoms with Crippen molar-refractivity contribution >= 4 is 23.2 Å². The van der Waals surface area contributed by atoms with Crippen molar-refractivity contribution in [3.05, 3.63) is 23.2 Å². The number of carbonyl (C=O) groups excluding carboxylic acids is 1. The minimum Gasteiger partial charge on any atom is -0.325 e. The molecule has 2 aromatic rings. The standard InChI is InChI=1S/C14H14ClF2N5O/c15-9-1-2-11(10(6-9)13-19-21-22-20-13)18-12(23)5-8-3-4-14(16,17)7-8/h1-2,6,8H,3-5,7H2,(H,18,23)(H,19,20,21,22). The highest BCUT2D eigenvalue weighted by Crippen LogP contribution is 2.40. The van der Waals surface area contributed by atoms with Crippen molar-refractivity contribution in [2.45, 2.75) is 31.6 Å². The average molecular weight is 342 g/mol. The third-order valence-corrected chi connectivity index (χ3v) is 4.06. The molecule has 1 atom stereocenters. The lowest BCUT2D eigenvalue weighted by Crippen LogP contribution is -2.17. The van der Waals surface area contributed by atoms with Crippen molar-refractivity contribution in [3.8, 4) is 11.4 Å². The SMILES string of the molecule is O=C(CC1CCC(F)(F)C1)Nc1ccc(Cl)cc1-c1nn[nH]n1. The summed E-state index contributed by atoms with van der Waals surface area (Å²) in [5, 5.41) is 16.7. The van der Waals surface area contributed by atoms with Crippen LogP contribution in [0.2, 0.25) is 5.02 Å². The van der Waals surface area contributed by atoms with E-state index in [1.807, 2.05) is 0 Å². The van der Waals surface area contributed by atoms with E-state index in [1.165, 1.54) is 0 Å². The number of rotatable bonds is 4. The number of nitrogens with one attached hydrogen (secondary N) is 2. The Balaban J connectivity index is 1.72. The average Bonchev–Trinajstić information content (AvgIpc) is 3.10. The summed E-state index contributed by atoms with van der Waals surface area (Å²) >= 11 is 5.96. The van der Waals surface area contributed by atoms with Gasteiger partial charge in [0, 0.05) is 29.8 Å². The molecule has 0 saturated heterocycles. The van der Waals surface area contributed by atoms with E-state index in [-0.39, 0.29) is 36.9 Å². The second-order valence-corrected chi connectivity index (χ2v) is 6.08. The molecule has 1 aliphatic carbocycles. The van der Waals surface area contributed by atoms with Crippen molar-refractivity contribution in [1.29, 1.82) is 0 Å². The van der Waals surface area contributed by atoms with Gasteiger partial charge in [-0.2, -0.15) is 5.21 Å². The summed E-state index contributed by atoms with van der Waals surface area (Å²) in [6.07, 6.45) is 0.0291. The van der Waals surface area contributed by atoms with Gasteiger partial charge in [0.2, 0.25) is 17.7 Å². The number of tetrazole rings is 1. The molecular weight excluding hydrogens is 328 g/mol. The predicted octanol–water partition coefficient (Wildman–Crippen LogP) is 3.28. The molecule has 1 amide bonds. The summed E-state index contributed by atoms with van der Waals surface area (Å²) in [6, 6.07) is 4.84. The van der Waals surface area contributed by atoms with Gasteiger partial charge >= 0.3 is 0 Å². The zero-order valence-electron chi connectivity index (χ0n) is 12.0. The number of hydrogen-bond donors (Lipinski definition) is 2. The Bertz CT molecular complexity index is 707. The molecule has 122 valence electrons. The summed E-state index contributed by atoms with van der Waals surface area (Å²) in [4.78, 5) is 12.1. The summed E-state index contributed by atoms with van der Waals surface area (Å²) in [7, 11) is 0. The van der Waals surface area contributed by atoms with E-state index in [0.29, 0.717) is 22.7 Å². The summed E-state index contributed by atoms with van der Waals surface area (Å²) in [5.41, 5.74) is 0.974. The maximum Gasteiger partial charge on any atom is 0.248 e. The molecule has 3 rings (SSSR count). The van der Waals surface area contributed by atoms with Gasteiger partial charge in [-0.25, -0.2) is 8.78 Å². The first-order valence-electron chi connectivity index (χ1n) is 7.14. The first kappa shape index (κ1) is 15.8. The fraction of sp³-hybridized carbons (Fsp3) is 0.429.